The predicted molar refractivity (Wildman–Crippen MR) is 91.1 cm³/mol. The van der Waals surface area contributed by atoms with Gasteiger partial charge in [-0.25, -0.2) is 4.98 Å². The average Bonchev–Trinajstić information content (AvgIpc) is 3.30. The smallest absolute Gasteiger partial charge is 0.273 e. The van der Waals surface area contributed by atoms with Gasteiger partial charge in [0.1, 0.15) is 17.3 Å². The van der Waals surface area contributed by atoms with Crippen LogP contribution in [0.25, 0.3) is 0 Å². The van der Waals surface area contributed by atoms with Gasteiger partial charge in [-0.3, -0.25) is 4.79 Å². The van der Waals surface area contributed by atoms with Crippen molar-refractivity contribution in [3.05, 3.63) is 34.3 Å². The molecular weight excluding hydrogens is 328 g/mol. The normalized spacial score (nSPS) is 13.8. The van der Waals surface area contributed by atoms with E-state index in [2.05, 4.69) is 4.98 Å². The fourth-order valence-electron chi connectivity index (χ4n) is 2.65. The van der Waals surface area contributed by atoms with E-state index >= 15 is 0 Å². The summed E-state index contributed by atoms with van der Waals surface area (Å²) >= 11 is 1.42. The first-order valence-electron chi connectivity index (χ1n) is 7.80. The van der Waals surface area contributed by atoms with Crippen molar-refractivity contribution >= 4 is 17.2 Å². The summed E-state index contributed by atoms with van der Waals surface area (Å²) in [4.78, 5) is 18.6. The Kier molecular flexibility index (Phi) is 5.20. The van der Waals surface area contributed by atoms with Crippen LogP contribution in [-0.4, -0.2) is 43.1 Å². The lowest BCUT2D eigenvalue weighted by atomic mass is 10.3. The van der Waals surface area contributed by atoms with Gasteiger partial charge in [-0.2, -0.15) is 0 Å². The number of thiazole rings is 1. The Bertz CT molecular complexity index is 688. The third-order valence-corrected chi connectivity index (χ3v) is 4.71. The van der Waals surface area contributed by atoms with E-state index in [0.29, 0.717) is 22.9 Å². The molecule has 2 heterocycles. The van der Waals surface area contributed by atoms with Gasteiger partial charge in [0, 0.05) is 18.5 Å². The first-order chi connectivity index (χ1) is 11.7. The Morgan fingerprint density at radius 1 is 1.21 bits per heavy atom. The van der Waals surface area contributed by atoms with E-state index in [1.807, 2.05) is 23.1 Å². The molecule has 1 amide bonds. The Labute approximate surface area is 145 Å². The highest BCUT2D eigenvalue weighted by molar-refractivity contribution is 7.09. The van der Waals surface area contributed by atoms with Crippen LogP contribution in [0.15, 0.2) is 23.6 Å². The minimum absolute atomic E-state index is 0.00451. The molecule has 1 fully saturated rings. The largest absolute Gasteiger partial charge is 0.493 e. The Hall–Kier alpha value is -2.28. The summed E-state index contributed by atoms with van der Waals surface area (Å²) in [7, 11) is 3.16. The van der Waals surface area contributed by atoms with E-state index in [0.717, 1.165) is 30.9 Å². The maximum Gasteiger partial charge on any atom is 0.273 e. The third-order valence-electron chi connectivity index (χ3n) is 3.89. The summed E-state index contributed by atoms with van der Waals surface area (Å²) < 4.78 is 16.4. The van der Waals surface area contributed by atoms with E-state index in [-0.39, 0.29) is 12.5 Å². The second-order valence-electron chi connectivity index (χ2n) is 5.41. The maximum absolute atomic E-state index is 12.3. The van der Waals surface area contributed by atoms with Crippen molar-refractivity contribution < 1.29 is 19.0 Å². The molecule has 128 valence electrons. The number of amides is 1. The SMILES string of the molecule is COc1cccc(OC)c1OCc1nc(C(=O)N2CCCC2)cs1. The van der Waals surface area contributed by atoms with Crippen LogP contribution in [-0.2, 0) is 6.61 Å². The predicted octanol–water partition coefficient (Wildman–Crippen LogP) is 2.98. The summed E-state index contributed by atoms with van der Waals surface area (Å²) in [6, 6.07) is 5.45. The van der Waals surface area contributed by atoms with Crippen LogP contribution in [0, 0.1) is 0 Å². The van der Waals surface area contributed by atoms with Crippen molar-refractivity contribution in [2.45, 2.75) is 19.4 Å². The maximum atomic E-state index is 12.3. The van der Waals surface area contributed by atoms with Gasteiger partial charge in [0.2, 0.25) is 5.75 Å². The number of carbonyl (C=O) groups is 1. The number of nitrogens with zero attached hydrogens (tertiary/aromatic N) is 2. The lowest BCUT2D eigenvalue weighted by Crippen LogP contribution is -2.27. The molecule has 0 aliphatic carbocycles. The van der Waals surface area contributed by atoms with Gasteiger partial charge >= 0.3 is 0 Å². The number of rotatable bonds is 6. The number of aromatic nitrogens is 1. The fourth-order valence-corrected chi connectivity index (χ4v) is 3.33. The second kappa shape index (κ2) is 7.53. The molecule has 24 heavy (non-hydrogen) atoms. The first-order valence-corrected chi connectivity index (χ1v) is 8.68. The van der Waals surface area contributed by atoms with Gasteiger partial charge in [-0.1, -0.05) is 6.07 Å². The molecule has 1 aliphatic rings. The lowest BCUT2D eigenvalue weighted by molar-refractivity contribution is 0.0787. The highest BCUT2D eigenvalue weighted by atomic mass is 32.1. The van der Waals surface area contributed by atoms with E-state index in [1.165, 1.54) is 11.3 Å². The van der Waals surface area contributed by atoms with Crippen molar-refractivity contribution in [1.29, 1.82) is 0 Å². The van der Waals surface area contributed by atoms with Gasteiger partial charge in [-0.15, -0.1) is 11.3 Å². The first kappa shape index (κ1) is 16.6. The molecule has 1 saturated heterocycles. The van der Waals surface area contributed by atoms with Crippen molar-refractivity contribution in [2.75, 3.05) is 27.3 Å². The monoisotopic (exact) mass is 348 g/mol. The number of hydrogen-bond donors (Lipinski definition) is 0. The molecule has 0 bridgehead atoms. The molecule has 0 unspecified atom stereocenters. The molecule has 0 spiro atoms. The van der Waals surface area contributed by atoms with E-state index in [1.54, 1.807) is 19.6 Å². The number of para-hydroxylation sites is 1. The molecule has 1 aliphatic heterocycles. The minimum Gasteiger partial charge on any atom is -0.493 e. The average molecular weight is 348 g/mol. The van der Waals surface area contributed by atoms with Crippen LogP contribution in [0.1, 0.15) is 28.3 Å². The number of ether oxygens (including phenoxy) is 3. The van der Waals surface area contributed by atoms with E-state index in [9.17, 15) is 4.79 Å². The topological polar surface area (TPSA) is 60.9 Å². The van der Waals surface area contributed by atoms with Gasteiger partial charge in [0.25, 0.3) is 5.91 Å². The highest BCUT2D eigenvalue weighted by Gasteiger charge is 2.22. The molecule has 1 aromatic heterocycles. The Morgan fingerprint density at radius 3 is 2.50 bits per heavy atom. The zero-order chi connectivity index (χ0) is 16.9. The number of likely N-dealkylation sites (tertiary alicyclic amines) is 1. The third kappa shape index (κ3) is 3.46. The van der Waals surface area contributed by atoms with Gasteiger partial charge in [-0.05, 0) is 25.0 Å². The molecule has 3 rings (SSSR count). The van der Waals surface area contributed by atoms with Crippen molar-refractivity contribution in [3.63, 3.8) is 0 Å². The standard InChI is InChI=1S/C17H20N2O4S/c1-21-13-6-5-7-14(22-2)16(13)23-10-15-18-12(11-24-15)17(20)19-8-3-4-9-19/h5-7,11H,3-4,8-10H2,1-2H3. The van der Waals surface area contributed by atoms with Crippen molar-refractivity contribution in [2.24, 2.45) is 0 Å². The quantitative estimate of drug-likeness (QED) is 0.803. The van der Waals surface area contributed by atoms with Crippen LogP contribution < -0.4 is 14.2 Å². The summed E-state index contributed by atoms with van der Waals surface area (Å²) in [6.45, 7) is 1.90. The zero-order valence-corrected chi connectivity index (χ0v) is 14.6. The summed E-state index contributed by atoms with van der Waals surface area (Å²) in [5.74, 6) is 1.73. The van der Waals surface area contributed by atoms with Crippen LogP contribution in [0.4, 0.5) is 0 Å². The molecule has 0 atom stereocenters. The Morgan fingerprint density at radius 2 is 1.88 bits per heavy atom. The molecule has 2 aromatic rings. The number of benzene rings is 1. The van der Waals surface area contributed by atoms with Gasteiger partial charge in [0.05, 0.1) is 14.2 Å². The summed E-state index contributed by atoms with van der Waals surface area (Å²) in [6.07, 6.45) is 2.14. The van der Waals surface area contributed by atoms with Crippen molar-refractivity contribution in [3.8, 4) is 17.2 Å². The Balaban J connectivity index is 1.69. The highest BCUT2D eigenvalue weighted by Crippen LogP contribution is 2.37. The second-order valence-corrected chi connectivity index (χ2v) is 6.35. The molecule has 7 heteroatoms. The number of carbonyl (C=O) groups excluding carboxylic acids is 1. The molecule has 0 N–H and O–H groups in total. The molecule has 0 radical (unpaired) electrons. The molecule has 1 aromatic carbocycles. The number of hydrogen-bond acceptors (Lipinski definition) is 6. The summed E-state index contributed by atoms with van der Waals surface area (Å²) in [5, 5.41) is 2.53. The number of methoxy groups -OCH3 is 2. The van der Waals surface area contributed by atoms with E-state index < -0.39 is 0 Å². The molecule has 0 saturated carbocycles. The van der Waals surface area contributed by atoms with Crippen molar-refractivity contribution in [1.82, 2.24) is 9.88 Å². The van der Waals surface area contributed by atoms with Crippen LogP contribution in [0.2, 0.25) is 0 Å². The van der Waals surface area contributed by atoms with Gasteiger partial charge < -0.3 is 19.1 Å². The lowest BCUT2D eigenvalue weighted by Gasteiger charge is -2.13. The summed E-state index contributed by atoms with van der Waals surface area (Å²) in [5.41, 5.74) is 0.493. The van der Waals surface area contributed by atoms with E-state index in [4.69, 9.17) is 14.2 Å². The van der Waals surface area contributed by atoms with Crippen LogP contribution >= 0.6 is 11.3 Å². The van der Waals surface area contributed by atoms with Gasteiger partial charge in [0.15, 0.2) is 11.5 Å². The minimum atomic E-state index is 0.00451. The molecular formula is C17H20N2O4S. The van der Waals surface area contributed by atoms with Crippen LogP contribution in [0.3, 0.4) is 0 Å². The zero-order valence-electron chi connectivity index (χ0n) is 13.8. The molecule has 6 nitrogen and oxygen atoms in total. The van der Waals surface area contributed by atoms with Crippen LogP contribution in [0.5, 0.6) is 17.2 Å². The fraction of sp³-hybridized carbons (Fsp3) is 0.412.